The van der Waals surface area contributed by atoms with Gasteiger partial charge in [-0.2, -0.15) is 13.5 Å². The molecule has 2 aromatic rings. The molecule has 0 spiro atoms. The Hall–Kier alpha value is -2.35. The van der Waals surface area contributed by atoms with E-state index in [1.165, 1.54) is 28.1 Å². The first-order valence-electron chi connectivity index (χ1n) is 8.44. The minimum absolute atomic E-state index is 0.173. The van der Waals surface area contributed by atoms with Crippen LogP contribution in [-0.2, 0) is 42.8 Å². The van der Waals surface area contributed by atoms with Crippen LogP contribution in [0.2, 0.25) is 0 Å². The summed E-state index contributed by atoms with van der Waals surface area (Å²) in [6.07, 6.45) is 7.54. The summed E-state index contributed by atoms with van der Waals surface area (Å²) in [7, 11) is -2.36. The Balaban J connectivity index is 1.60. The number of benzene rings is 1. The maximum Gasteiger partial charge on any atom is 0.333 e. The van der Waals surface area contributed by atoms with Crippen LogP contribution in [0.15, 0.2) is 23.4 Å². The molecule has 0 bridgehead atoms. The summed E-state index contributed by atoms with van der Waals surface area (Å²) in [4.78, 5) is 12.4. The highest BCUT2D eigenvalue weighted by atomic mass is 32.2. The molecule has 2 amide bonds. The van der Waals surface area contributed by atoms with Gasteiger partial charge < -0.3 is 5.32 Å². The van der Waals surface area contributed by atoms with E-state index in [1.807, 2.05) is 0 Å². The fraction of sp³-hybridized carbons (Fsp3) is 0.412. The van der Waals surface area contributed by atoms with Gasteiger partial charge in [0.2, 0.25) is 0 Å². The zero-order valence-corrected chi connectivity index (χ0v) is 14.8. The zero-order valence-electron chi connectivity index (χ0n) is 14.0. The SMILES string of the molecule is Cn1ccc(S(=O)(=O)NC(=O)Nc2c3c(cc4c2CCC4)CCC3)n1. The third-order valence-electron chi connectivity index (χ3n) is 4.90. The third-order valence-corrected chi connectivity index (χ3v) is 6.13. The number of nitrogens with zero attached hydrogens (tertiary/aromatic N) is 2. The van der Waals surface area contributed by atoms with Gasteiger partial charge in [0.05, 0.1) is 0 Å². The van der Waals surface area contributed by atoms with Crippen molar-refractivity contribution in [3.8, 4) is 0 Å². The number of urea groups is 1. The van der Waals surface area contributed by atoms with E-state index >= 15 is 0 Å². The Kier molecular flexibility index (Phi) is 3.79. The Morgan fingerprint density at radius 3 is 2.32 bits per heavy atom. The van der Waals surface area contributed by atoms with Crippen LogP contribution in [0.3, 0.4) is 0 Å². The van der Waals surface area contributed by atoms with Crippen molar-refractivity contribution in [2.75, 3.05) is 5.32 Å². The maximum absolute atomic E-state index is 12.4. The lowest BCUT2D eigenvalue weighted by atomic mass is 9.99. The van der Waals surface area contributed by atoms with E-state index in [1.54, 1.807) is 7.05 Å². The largest absolute Gasteiger partial charge is 0.333 e. The van der Waals surface area contributed by atoms with Gasteiger partial charge in [-0.15, -0.1) is 0 Å². The number of carbonyl (C=O) groups excluding carboxylic acids is 1. The average Bonchev–Trinajstić information content (AvgIpc) is 3.25. The summed E-state index contributed by atoms with van der Waals surface area (Å²) in [5, 5.41) is 6.48. The van der Waals surface area contributed by atoms with Gasteiger partial charge in [0.15, 0.2) is 5.03 Å². The van der Waals surface area contributed by atoms with Crippen molar-refractivity contribution >= 4 is 21.7 Å². The molecular weight excluding hydrogens is 340 g/mol. The molecule has 4 rings (SSSR count). The Bertz CT molecular complexity index is 930. The number of hydrogen-bond acceptors (Lipinski definition) is 4. The van der Waals surface area contributed by atoms with E-state index in [4.69, 9.17) is 0 Å². The standard InChI is InChI=1S/C17H20N4O3S/c1-21-9-8-15(19-21)25(23,24)20-17(22)18-16-13-6-2-4-11(13)10-12-5-3-7-14(12)16/h8-10H,2-7H2,1H3,(H2,18,20,22). The number of aromatic nitrogens is 2. The first kappa shape index (κ1) is 16.1. The second-order valence-corrected chi connectivity index (χ2v) is 8.25. The number of amides is 2. The number of sulfonamides is 1. The molecule has 0 saturated heterocycles. The summed E-state index contributed by atoms with van der Waals surface area (Å²) in [6, 6.07) is 2.88. The number of rotatable bonds is 3. The fourth-order valence-corrected chi connectivity index (χ4v) is 4.69. The van der Waals surface area contributed by atoms with Crippen LogP contribution in [0.4, 0.5) is 10.5 Å². The number of hydrogen-bond donors (Lipinski definition) is 2. The van der Waals surface area contributed by atoms with Gasteiger partial charge in [-0.1, -0.05) is 6.07 Å². The van der Waals surface area contributed by atoms with Crippen LogP contribution in [-0.4, -0.2) is 24.2 Å². The van der Waals surface area contributed by atoms with E-state index in [9.17, 15) is 13.2 Å². The van der Waals surface area contributed by atoms with Crippen LogP contribution in [0.25, 0.3) is 0 Å². The normalized spacial score (nSPS) is 15.7. The summed E-state index contributed by atoms with van der Waals surface area (Å²) in [5.41, 5.74) is 5.69. The zero-order chi connectivity index (χ0) is 17.6. The molecule has 1 aromatic heterocycles. The van der Waals surface area contributed by atoms with Gasteiger partial charge in [0, 0.05) is 18.9 Å². The van der Waals surface area contributed by atoms with Crippen LogP contribution in [0.1, 0.15) is 35.1 Å². The minimum Gasteiger partial charge on any atom is -0.307 e. The molecule has 25 heavy (non-hydrogen) atoms. The van der Waals surface area contributed by atoms with E-state index in [2.05, 4.69) is 21.2 Å². The van der Waals surface area contributed by atoms with Gasteiger partial charge in [-0.05, 0) is 66.8 Å². The van der Waals surface area contributed by atoms with Gasteiger partial charge >= 0.3 is 6.03 Å². The van der Waals surface area contributed by atoms with E-state index in [0.717, 1.165) is 55.3 Å². The number of carbonyl (C=O) groups is 1. The lowest BCUT2D eigenvalue weighted by Crippen LogP contribution is -2.35. The van der Waals surface area contributed by atoms with E-state index in [-0.39, 0.29) is 5.03 Å². The smallest absolute Gasteiger partial charge is 0.307 e. The van der Waals surface area contributed by atoms with Crippen LogP contribution < -0.4 is 10.0 Å². The maximum atomic E-state index is 12.4. The van der Waals surface area contributed by atoms with Crippen molar-refractivity contribution in [2.24, 2.45) is 7.05 Å². The minimum atomic E-state index is -3.98. The Morgan fingerprint density at radius 2 is 1.76 bits per heavy atom. The number of anilines is 1. The van der Waals surface area contributed by atoms with Gasteiger partial charge in [-0.25, -0.2) is 9.52 Å². The average molecular weight is 360 g/mol. The number of aryl methyl sites for hydroxylation is 3. The monoisotopic (exact) mass is 360 g/mol. The molecule has 0 radical (unpaired) electrons. The fourth-order valence-electron chi connectivity index (χ4n) is 3.82. The van der Waals surface area contributed by atoms with Crippen molar-refractivity contribution in [2.45, 2.75) is 43.6 Å². The second kappa shape index (κ2) is 5.87. The molecule has 8 heteroatoms. The van der Waals surface area contributed by atoms with Gasteiger partial charge in [0.1, 0.15) is 0 Å². The molecule has 2 aliphatic rings. The van der Waals surface area contributed by atoms with E-state index in [0.29, 0.717) is 0 Å². The highest BCUT2D eigenvalue weighted by Crippen LogP contribution is 2.38. The molecule has 1 heterocycles. The highest BCUT2D eigenvalue weighted by molar-refractivity contribution is 7.90. The molecular formula is C17H20N4O3S. The summed E-state index contributed by atoms with van der Waals surface area (Å²) >= 11 is 0. The van der Waals surface area contributed by atoms with Crippen molar-refractivity contribution in [1.29, 1.82) is 0 Å². The Labute approximate surface area is 146 Å². The molecule has 0 aliphatic heterocycles. The van der Waals surface area contributed by atoms with Crippen LogP contribution >= 0.6 is 0 Å². The summed E-state index contributed by atoms with van der Waals surface area (Å²) in [5.74, 6) is 0. The predicted octanol–water partition coefficient (Wildman–Crippen LogP) is 1.91. The molecule has 0 unspecified atom stereocenters. The first-order valence-corrected chi connectivity index (χ1v) is 9.92. The molecule has 1 aromatic carbocycles. The summed E-state index contributed by atoms with van der Waals surface area (Å²) < 4.78 is 28.0. The van der Waals surface area contributed by atoms with Crippen LogP contribution in [0, 0.1) is 0 Å². The molecule has 2 N–H and O–H groups in total. The number of nitrogens with one attached hydrogen (secondary N) is 2. The third kappa shape index (κ3) is 2.90. The first-order chi connectivity index (χ1) is 11.9. The lowest BCUT2D eigenvalue weighted by Gasteiger charge is -2.16. The van der Waals surface area contributed by atoms with Gasteiger partial charge in [-0.3, -0.25) is 4.68 Å². The predicted molar refractivity (Wildman–Crippen MR) is 93.0 cm³/mol. The molecule has 132 valence electrons. The van der Waals surface area contributed by atoms with Gasteiger partial charge in [0.25, 0.3) is 10.0 Å². The van der Waals surface area contributed by atoms with Crippen molar-refractivity contribution < 1.29 is 13.2 Å². The van der Waals surface area contributed by atoms with Crippen molar-refractivity contribution in [3.63, 3.8) is 0 Å². The summed E-state index contributed by atoms with van der Waals surface area (Å²) in [6.45, 7) is 0. The molecule has 7 nitrogen and oxygen atoms in total. The topological polar surface area (TPSA) is 93.1 Å². The van der Waals surface area contributed by atoms with Crippen molar-refractivity contribution in [1.82, 2.24) is 14.5 Å². The highest BCUT2D eigenvalue weighted by Gasteiger charge is 2.26. The quantitative estimate of drug-likeness (QED) is 0.874. The Morgan fingerprint density at radius 1 is 1.12 bits per heavy atom. The second-order valence-electron chi connectivity index (χ2n) is 6.62. The lowest BCUT2D eigenvalue weighted by molar-refractivity contribution is 0.256. The molecule has 0 atom stereocenters. The molecule has 0 fully saturated rings. The van der Waals surface area contributed by atoms with Crippen molar-refractivity contribution in [3.05, 3.63) is 40.6 Å². The van der Waals surface area contributed by atoms with Crippen LogP contribution in [0.5, 0.6) is 0 Å². The number of fused-ring (bicyclic) bond motifs is 2. The molecule has 2 aliphatic carbocycles. The van der Waals surface area contributed by atoms with E-state index < -0.39 is 16.1 Å². The molecule has 0 saturated carbocycles.